The molecule has 5 nitrogen and oxygen atoms in total. The molecule has 2 unspecified atom stereocenters. The van der Waals surface area contributed by atoms with E-state index in [4.69, 9.17) is 4.74 Å². The third kappa shape index (κ3) is 4.49. The van der Waals surface area contributed by atoms with Crippen LogP contribution in [-0.4, -0.2) is 37.9 Å². The number of ether oxygens (including phenoxy) is 1. The van der Waals surface area contributed by atoms with E-state index in [1.54, 1.807) is 6.08 Å². The van der Waals surface area contributed by atoms with Crippen molar-refractivity contribution >= 4 is 17.4 Å². The van der Waals surface area contributed by atoms with Gasteiger partial charge in [-0.2, -0.15) is 0 Å². The molecule has 0 spiro atoms. The highest BCUT2D eigenvalue weighted by molar-refractivity contribution is 5.89. The maximum Gasteiger partial charge on any atom is 0.319 e. The second-order valence-corrected chi connectivity index (χ2v) is 5.33. The Kier molecular flexibility index (Phi) is 5.22. The summed E-state index contributed by atoms with van der Waals surface area (Å²) in [6.45, 7) is 9.95. The highest BCUT2D eigenvalue weighted by atomic mass is 16.5. The van der Waals surface area contributed by atoms with Crippen LogP contribution in [0.25, 0.3) is 0 Å². The zero-order chi connectivity index (χ0) is 15.2. The van der Waals surface area contributed by atoms with E-state index in [-0.39, 0.29) is 18.2 Å². The number of morpholine rings is 1. The maximum atomic E-state index is 11.5. The van der Waals surface area contributed by atoms with Crippen molar-refractivity contribution < 1.29 is 9.53 Å². The lowest BCUT2D eigenvalue weighted by Crippen LogP contribution is -2.45. The molecular formula is C16H23N3O2. The van der Waals surface area contributed by atoms with Crippen LogP contribution in [0, 0.1) is 0 Å². The standard InChI is InChI=1S/C16H23N3O2/c1-4-9-17-16(20)18-14-5-7-15(8-6-14)19-10-12(2)21-13(3)11-19/h4-8,12-13H,1,9-11H2,2-3H3,(H2,17,18,20). The van der Waals surface area contributed by atoms with Crippen molar-refractivity contribution in [2.45, 2.75) is 26.1 Å². The van der Waals surface area contributed by atoms with E-state index in [0.717, 1.165) is 24.5 Å². The molecular weight excluding hydrogens is 266 g/mol. The average molecular weight is 289 g/mol. The van der Waals surface area contributed by atoms with Gasteiger partial charge in [0.25, 0.3) is 0 Å². The summed E-state index contributed by atoms with van der Waals surface area (Å²) < 4.78 is 5.74. The maximum absolute atomic E-state index is 11.5. The van der Waals surface area contributed by atoms with Crippen LogP contribution in [0.15, 0.2) is 36.9 Å². The van der Waals surface area contributed by atoms with Gasteiger partial charge in [-0.15, -0.1) is 6.58 Å². The molecule has 2 rings (SSSR count). The van der Waals surface area contributed by atoms with Gasteiger partial charge in [0.05, 0.1) is 12.2 Å². The van der Waals surface area contributed by atoms with Crippen molar-refractivity contribution in [3.63, 3.8) is 0 Å². The van der Waals surface area contributed by atoms with E-state index >= 15 is 0 Å². The summed E-state index contributed by atoms with van der Waals surface area (Å²) >= 11 is 0. The van der Waals surface area contributed by atoms with Crippen LogP contribution >= 0.6 is 0 Å². The molecule has 0 aliphatic carbocycles. The van der Waals surface area contributed by atoms with Gasteiger partial charge >= 0.3 is 6.03 Å². The van der Waals surface area contributed by atoms with Crippen LogP contribution in [0.3, 0.4) is 0 Å². The second-order valence-electron chi connectivity index (χ2n) is 5.33. The van der Waals surface area contributed by atoms with E-state index in [9.17, 15) is 4.79 Å². The number of rotatable bonds is 4. The molecule has 1 fully saturated rings. The van der Waals surface area contributed by atoms with Gasteiger partial charge < -0.3 is 20.3 Å². The summed E-state index contributed by atoms with van der Waals surface area (Å²) in [6.07, 6.45) is 2.11. The fraction of sp³-hybridized carbons (Fsp3) is 0.438. The molecule has 0 aromatic heterocycles. The van der Waals surface area contributed by atoms with Crippen LogP contribution in [-0.2, 0) is 4.74 Å². The van der Waals surface area contributed by atoms with Crippen molar-refractivity contribution in [3.8, 4) is 0 Å². The lowest BCUT2D eigenvalue weighted by molar-refractivity contribution is -0.00521. The molecule has 1 aliphatic rings. The van der Waals surface area contributed by atoms with Gasteiger partial charge in [0.15, 0.2) is 0 Å². The number of hydrogen-bond donors (Lipinski definition) is 2. The van der Waals surface area contributed by atoms with Gasteiger partial charge in [-0.1, -0.05) is 6.08 Å². The lowest BCUT2D eigenvalue weighted by atomic mass is 10.2. The first-order valence-corrected chi connectivity index (χ1v) is 7.24. The van der Waals surface area contributed by atoms with Crippen molar-refractivity contribution in [3.05, 3.63) is 36.9 Å². The number of amides is 2. The molecule has 2 atom stereocenters. The minimum Gasteiger partial charge on any atom is -0.372 e. The number of carbonyl (C=O) groups is 1. The highest BCUT2D eigenvalue weighted by Crippen LogP contribution is 2.22. The molecule has 1 aromatic rings. The zero-order valence-electron chi connectivity index (χ0n) is 12.6. The van der Waals surface area contributed by atoms with Crippen LogP contribution in [0.1, 0.15) is 13.8 Å². The van der Waals surface area contributed by atoms with Gasteiger partial charge in [0, 0.05) is 31.0 Å². The zero-order valence-corrected chi connectivity index (χ0v) is 12.6. The van der Waals surface area contributed by atoms with Crippen LogP contribution in [0.5, 0.6) is 0 Å². The first kappa shape index (κ1) is 15.4. The first-order chi connectivity index (χ1) is 10.1. The van der Waals surface area contributed by atoms with Gasteiger partial charge in [0.1, 0.15) is 0 Å². The molecule has 0 radical (unpaired) electrons. The Labute approximate surface area is 126 Å². The number of carbonyl (C=O) groups excluding carboxylic acids is 1. The minimum atomic E-state index is -0.226. The molecule has 21 heavy (non-hydrogen) atoms. The average Bonchev–Trinajstić information content (AvgIpc) is 2.45. The third-order valence-corrected chi connectivity index (χ3v) is 3.32. The number of anilines is 2. The van der Waals surface area contributed by atoms with Gasteiger partial charge in [0.2, 0.25) is 0 Å². The third-order valence-electron chi connectivity index (χ3n) is 3.32. The highest BCUT2D eigenvalue weighted by Gasteiger charge is 2.22. The van der Waals surface area contributed by atoms with Crippen molar-refractivity contribution in [1.29, 1.82) is 0 Å². The van der Waals surface area contributed by atoms with Gasteiger partial charge in [-0.25, -0.2) is 4.79 Å². The fourth-order valence-corrected chi connectivity index (χ4v) is 2.48. The summed E-state index contributed by atoms with van der Waals surface area (Å²) in [6, 6.07) is 7.64. The minimum absolute atomic E-state index is 0.226. The van der Waals surface area contributed by atoms with Crippen molar-refractivity contribution in [2.24, 2.45) is 0 Å². The molecule has 1 heterocycles. The number of benzene rings is 1. The number of hydrogen-bond acceptors (Lipinski definition) is 3. The van der Waals surface area contributed by atoms with E-state index in [2.05, 4.69) is 36.0 Å². The Balaban J connectivity index is 1.95. The summed E-state index contributed by atoms with van der Waals surface area (Å²) in [5.74, 6) is 0. The van der Waals surface area contributed by atoms with Gasteiger partial charge in [-0.05, 0) is 38.1 Å². The molecule has 2 N–H and O–H groups in total. The Morgan fingerprint density at radius 3 is 2.52 bits per heavy atom. The molecule has 2 amide bonds. The predicted molar refractivity (Wildman–Crippen MR) is 85.9 cm³/mol. The largest absolute Gasteiger partial charge is 0.372 e. The second kappa shape index (κ2) is 7.13. The Morgan fingerprint density at radius 1 is 1.33 bits per heavy atom. The Hall–Kier alpha value is -2.01. The summed E-state index contributed by atoms with van der Waals surface area (Å²) in [5.41, 5.74) is 1.92. The van der Waals surface area contributed by atoms with Crippen molar-refractivity contribution in [2.75, 3.05) is 29.9 Å². The molecule has 5 heteroatoms. The lowest BCUT2D eigenvalue weighted by Gasteiger charge is -2.36. The topological polar surface area (TPSA) is 53.6 Å². The van der Waals surface area contributed by atoms with E-state index in [1.165, 1.54) is 0 Å². The smallest absolute Gasteiger partial charge is 0.319 e. The van der Waals surface area contributed by atoms with Crippen molar-refractivity contribution in [1.82, 2.24) is 5.32 Å². The molecule has 0 bridgehead atoms. The Bertz CT molecular complexity index is 477. The monoisotopic (exact) mass is 289 g/mol. The van der Waals surface area contributed by atoms with Crippen LogP contribution in [0.4, 0.5) is 16.2 Å². The molecule has 0 saturated carbocycles. The van der Waals surface area contributed by atoms with Crippen LogP contribution < -0.4 is 15.5 Å². The normalized spacial score (nSPS) is 21.7. The number of nitrogens with one attached hydrogen (secondary N) is 2. The molecule has 1 aliphatic heterocycles. The summed E-state index contributed by atoms with van der Waals surface area (Å²) in [5, 5.41) is 5.46. The van der Waals surface area contributed by atoms with Crippen LogP contribution in [0.2, 0.25) is 0 Å². The SMILES string of the molecule is C=CCNC(=O)Nc1ccc(N2CC(C)OC(C)C2)cc1. The number of urea groups is 1. The quantitative estimate of drug-likeness (QED) is 0.838. The molecule has 114 valence electrons. The predicted octanol–water partition coefficient (Wildman–Crippen LogP) is 2.61. The fourth-order valence-electron chi connectivity index (χ4n) is 2.48. The summed E-state index contributed by atoms with van der Waals surface area (Å²) in [7, 11) is 0. The first-order valence-electron chi connectivity index (χ1n) is 7.24. The van der Waals surface area contributed by atoms with E-state index in [0.29, 0.717) is 6.54 Å². The summed E-state index contributed by atoms with van der Waals surface area (Å²) in [4.78, 5) is 13.9. The van der Waals surface area contributed by atoms with Gasteiger partial charge in [-0.3, -0.25) is 0 Å². The number of nitrogens with zero attached hydrogens (tertiary/aromatic N) is 1. The molecule has 1 saturated heterocycles. The molecule has 1 aromatic carbocycles. The van der Waals surface area contributed by atoms with E-state index < -0.39 is 0 Å². The Morgan fingerprint density at radius 2 is 1.95 bits per heavy atom. The van der Waals surface area contributed by atoms with E-state index in [1.807, 2.05) is 24.3 Å².